The van der Waals surface area contributed by atoms with Crippen LogP contribution in [0.15, 0.2) is 46.4 Å². The van der Waals surface area contributed by atoms with Crippen molar-refractivity contribution in [2.75, 3.05) is 24.9 Å². The molecule has 0 spiro atoms. The van der Waals surface area contributed by atoms with E-state index in [1.165, 1.54) is 24.7 Å². The predicted molar refractivity (Wildman–Crippen MR) is 116 cm³/mol. The molecule has 12 heteroatoms. The summed E-state index contributed by atoms with van der Waals surface area (Å²) < 4.78 is 15.6. The Bertz CT molecular complexity index is 1230. The Labute approximate surface area is 185 Å². The van der Waals surface area contributed by atoms with Gasteiger partial charge in [-0.2, -0.15) is 4.98 Å². The molecule has 0 aliphatic heterocycles. The van der Waals surface area contributed by atoms with Gasteiger partial charge < -0.3 is 13.9 Å². The van der Waals surface area contributed by atoms with Gasteiger partial charge in [0, 0.05) is 11.4 Å². The fraction of sp³-hybridized carbons (Fsp3) is 0.150. The third-order valence-electron chi connectivity index (χ3n) is 4.26. The molecule has 3 aromatic heterocycles. The number of anilines is 2. The molecule has 0 saturated heterocycles. The van der Waals surface area contributed by atoms with Gasteiger partial charge in [0.2, 0.25) is 11.9 Å². The van der Waals surface area contributed by atoms with Crippen LogP contribution in [-0.2, 0) is 11.2 Å². The maximum absolute atomic E-state index is 12.4. The van der Waals surface area contributed by atoms with E-state index in [1.54, 1.807) is 42.8 Å². The summed E-state index contributed by atoms with van der Waals surface area (Å²) in [5, 5.41) is 14.1. The molecule has 0 atom stereocenters. The second-order valence-electron chi connectivity index (χ2n) is 6.37. The van der Waals surface area contributed by atoms with Gasteiger partial charge in [-0.1, -0.05) is 0 Å². The fourth-order valence-electron chi connectivity index (χ4n) is 2.78. The molecule has 0 fully saturated rings. The van der Waals surface area contributed by atoms with E-state index in [9.17, 15) is 9.59 Å². The summed E-state index contributed by atoms with van der Waals surface area (Å²) in [7, 11) is 3.10. The summed E-state index contributed by atoms with van der Waals surface area (Å²) in [6.07, 6.45) is 1.40. The van der Waals surface area contributed by atoms with Crippen molar-refractivity contribution < 1.29 is 23.5 Å². The molecule has 0 bridgehead atoms. The number of hydrogen-bond donors (Lipinski definition) is 3. The zero-order valence-electron chi connectivity index (χ0n) is 17.0. The number of benzene rings is 1. The second kappa shape index (κ2) is 9.31. The van der Waals surface area contributed by atoms with Gasteiger partial charge in [0.25, 0.3) is 5.91 Å². The monoisotopic (exact) mass is 454 g/mol. The van der Waals surface area contributed by atoms with Crippen LogP contribution in [0.5, 0.6) is 11.5 Å². The number of carbonyl (C=O) groups is 2. The topological polar surface area (TPSA) is 144 Å². The number of nitrogens with zero attached hydrogens (tertiary/aromatic N) is 3. The Morgan fingerprint density at radius 2 is 2.03 bits per heavy atom. The number of aromatic amines is 1. The molecular formula is C20H18N6O5S. The number of thiazole rings is 1. The van der Waals surface area contributed by atoms with Crippen molar-refractivity contribution in [2.45, 2.75) is 6.42 Å². The lowest BCUT2D eigenvalue weighted by molar-refractivity contribution is -0.115. The first-order chi connectivity index (χ1) is 15.6. The van der Waals surface area contributed by atoms with E-state index in [0.717, 1.165) is 0 Å². The standard InChI is InChI=1S/C20H18N6O5S/c1-29-12-5-6-13(15(9-12)30-2)17-23-19(26-25-17)22-16(27)8-11-10-32-20(21-11)24-18(28)14-4-3-7-31-14/h3-7,9-10H,8H2,1-2H3,(H,21,24,28)(H2,22,23,25,26,27). The largest absolute Gasteiger partial charge is 0.497 e. The van der Waals surface area contributed by atoms with Crippen LogP contribution < -0.4 is 20.1 Å². The highest BCUT2D eigenvalue weighted by atomic mass is 32.1. The first-order valence-corrected chi connectivity index (χ1v) is 10.2. The van der Waals surface area contributed by atoms with Gasteiger partial charge in [-0.25, -0.2) is 4.98 Å². The van der Waals surface area contributed by atoms with Gasteiger partial charge >= 0.3 is 0 Å². The number of nitrogens with one attached hydrogen (secondary N) is 3. The molecule has 4 aromatic rings. The molecule has 11 nitrogen and oxygen atoms in total. The van der Waals surface area contributed by atoms with Crippen LogP contribution in [0.4, 0.5) is 11.1 Å². The van der Waals surface area contributed by atoms with Crippen LogP contribution in [0.1, 0.15) is 16.2 Å². The Hall–Kier alpha value is -4.19. The van der Waals surface area contributed by atoms with E-state index in [0.29, 0.717) is 33.7 Å². The van der Waals surface area contributed by atoms with Gasteiger partial charge in [-0.05, 0) is 24.3 Å². The lowest BCUT2D eigenvalue weighted by Gasteiger charge is -2.07. The molecule has 3 heterocycles. The van der Waals surface area contributed by atoms with Crippen molar-refractivity contribution in [3.8, 4) is 22.9 Å². The van der Waals surface area contributed by atoms with Crippen LogP contribution in [0.2, 0.25) is 0 Å². The quantitative estimate of drug-likeness (QED) is 0.369. The van der Waals surface area contributed by atoms with E-state index in [4.69, 9.17) is 13.9 Å². The first-order valence-electron chi connectivity index (χ1n) is 9.29. The average molecular weight is 454 g/mol. The highest BCUT2D eigenvalue weighted by Gasteiger charge is 2.16. The number of aromatic nitrogens is 4. The minimum absolute atomic E-state index is 0.0111. The number of rotatable bonds is 8. The van der Waals surface area contributed by atoms with Crippen molar-refractivity contribution in [2.24, 2.45) is 0 Å². The van der Waals surface area contributed by atoms with Crippen LogP contribution in [-0.4, -0.2) is 46.2 Å². The summed E-state index contributed by atoms with van der Waals surface area (Å²) in [4.78, 5) is 32.9. The first kappa shape index (κ1) is 21.1. The lowest BCUT2D eigenvalue weighted by atomic mass is 10.2. The van der Waals surface area contributed by atoms with Crippen LogP contribution in [0.25, 0.3) is 11.4 Å². The zero-order valence-corrected chi connectivity index (χ0v) is 17.9. The van der Waals surface area contributed by atoms with Crippen molar-refractivity contribution in [3.05, 3.63) is 53.4 Å². The summed E-state index contributed by atoms with van der Waals surface area (Å²) in [5.74, 6) is 1.13. The van der Waals surface area contributed by atoms with Gasteiger partial charge in [0.1, 0.15) is 11.5 Å². The van der Waals surface area contributed by atoms with Gasteiger partial charge in [-0.15, -0.1) is 16.4 Å². The van der Waals surface area contributed by atoms with E-state index in [-0.39, 0.29) is 24.0 Å². The van der Waals surface area contributed by atoms with E-state index in [2.05, 4.69) is 30.8 Å². The summed E-state index contributed by atoms with van der Waals surface area (Å²) in [6, 6.07) is 8.43. The molecular weight excluding hydrogens is 436 g/mol. The molecule has 0 radical (unpaired) electrons. The Kier molecular flexibility index (Phi) is 6.12. The van der Waals surface area contributed by atoms with E-state index >= 15 is 0 Å². The van der Waals surface area contributed by atoms with Crippen molar-refractivity contribution in [3.63, 3.8) is 0 Å². The molecule has 164 valence electrons. The molecule has 0 saturated carbocycles. The molecule has 32 heavy (non-hydrogen) atoms. The fourth-order valence-corrected chi connectivity index (χ4v) is 3.48. The minimum atomic E-state index is -0.414. The number of furan rings is 1. The molecule has 3 N–H and O–H groups in total. The summed E-state index contributed by atoms with van der Waals surface area (Å²) in [6.45, 7) is 0. The predicted octanol–water partition coefficient (Wildman–Crippen LogP) is 2.97. The number of amides is 2. The number of methoxy groups -OCH3 is 2. The molecule has 2 amide bonds. The summed E-state index contributed by atoms with van der Waals surface area (Å²) >= 11 is 1.21. The Morgan fingerprint density at radius 3 is 2.78 bits per heavy atom. The third kappa shape index (κ3) is 4.75. The zero-order chi connectivity index (χ0) is 22.5. The Balaban J connectivity index is 1.37. The maximum Gasteiger partial charge on any atom is 0.293 e. The second-order valence-corrected chi connectivity index (χ2v) is 7.23. The average Bonchev–Trinajstić information content (AvgIpc) is 3.56. The maximum atomic E-state index is 12.4. The normalized spacial score (nSPS) is 10.6. The molecule has 0 aliphatic rings. The van der Waals surface area contributed by atoms with Crippen LogP contribution >= 0.6 is 11.3 Å². The Morgan fingerprint density at radius 1 is 1.16 bits per heavy atom. The highest BCUT2D eigenvalue weighted by Crippen LogP contribution is 2.31. The van der Waals surface area contributed by atoms with Crippen LogP contribution in [0.3, 0.4) is 0 Å². The summed E-state index contributed by atoms with van der Waals surface area (Å²) in [5.41, 5.74) is 1.16. The van der Waals surface area contributed by atoms with Crippen LogP contribution in [0, 0.1) is 0 Å². The van der Waals surface area contributed by atoms with E-state index < -0.39 is 5.91 Å². The SMILES string of the molecule is COc1ccc(-c2nc(NC(=O)Cc3csc(NC(=O)c4ccco4)n3)n[nH]2)c(OC)c1. The number of H-pyrrole nitrogens is 1. The van der Waals surface area contributed by atoms with Crippen molar-refractivity contribution in [1.82, 2.24) is 20.2 Å². The van der Waals surface area contributed by atoms with Gasteiger partial charge in [0.05, 0.1) is 38.2 Å². The van der Waals surface area contributed by atoms with Crippen molar-refractivity contribution >= 4 is 34.2 Å². The van der Waals surface area contributed by atoms with Gasteiger partial charge in [0.15, 0.2) is 16.7 Å². The minimum Gasteiger partial charge on any atom is -0.497 e. The molecule has 0 aliphatic carbocycles. The highest BCUT2D eigenvalue weighted by molar-refractivity contribution is 7.14. The van der Waals surface area contributed by atoms with E-state index in [1.807, 2.05) is 0 Å². The van der Waals surface area contributed by atoms with Crippen molar-refractivity contribution in [1.29, 1.82) is 0 Å². The lowest BCUT2D eigenvalue weighted by Crippen LogP contribution is -2.16. The molecule has 4 rings (SSSR count). The third-order valence-corrected chi connectivity index (χ3v) is 5.07. The molecule has 1 aromatic carbocycles. The smallest absolute Gasteiger partial charge is 0.293 e. The molecule has 0 unspecified atom stereocenters. The number of hydrogen-bond acceptors (Lipinski definition) is 9. The number of carbonyl (C=O) groups excluding carboxylic acids is 2. The number of ether oxygens (including phenoxy) is 2. The van der Waals surface area contributed by atoms with Gasteiger partial charge in [-0.3, -0.25) is 25.3 Å².